The smallest absolute Gasteiger partial charge is 0.0590 e. The first kappa shape index (κ1) is 12.4. The molecule has 0 radical (unpaired) electrons. The van der Waals surface area contributed by atoms with Crippen molar-refractivity contribution in [2.75, 3.05) is 5.32 Å². The van der Waals surface area contributed by atoms with E-state index in [1.54, 1.807) is 0 Å². The van der Waals surface area contributed by atoms with Crippen molar-refractivity contribution in [2.24, 2.45) is 0 Å². The average molecular weight is 289 g/mol. The maximum Gasteiger partial charge on any atom is 0.0590 e. The van der Waals surface area contributed by atoms with E-state index in [-0.39, 0.29) is 0 Å². The summed E-state index contributed by atoms with van der Waals surface area (Å²) in [4.78, 5) is 0. The van der Waals surface area contributed by atoms with Gasteiger partial charge in [-0.15, -0.1) is 11.3 Å². The Morgan fingerprint density at radius 3 is 2.52 bits per heavy atom. The van der Waals surface area contributed by atoms with Crippen molar-refractivity contribution in [3.8, 4) is 0 Å². The van der Waals surface area contributed by atoms with Crippen LogP contribution in [0.2, 0.25) is 0 Å². The van der Waals surface area contributed by atoms with Crippen LogP contribution in [-0.2, 0) is 0 Å². The van der Waals surface area contributed by atoms with E-state index in [0.717, 1.165) is 5.69 Å². The van der Waals surface area contributed by atoms with E-state index < -0.39 is 0 Å². The minimum absolute atomic E-state index is 1.14. The molecule has 0 saturated carbocycles. The van der Waals surface area contributed by atoms with Gasteiger partial charge in [-0.1, -0.05) is 42.5 Å². The van der Waals surface area contributed by atoms with Crippen molar-refractivity contribution in [1.29, 1.82) is 0 Å². The van der Waals surface area contributed by atoms with Crippen molar-refractivity contribution in [3.05, 3.63) is 72.3 Å². The number of rotatable bonds is 2. The van der Waals surface area contributed by atoms with Crippen molar-refractivity contribution in [2.45, 2.75) is 6.92 Å². The lowest BCUT2D eigenvalue weighted by molar-refractivity contribution is 1.46. The SMILES string of the molecule is Cc1cccc(Nc2cccc3c2sc2ccccc23)c1. The van der Waals surface area contributed by atoms with E-state index in [1.165, 1.54) is 31.4 Å². The van der Waals surface area contributed by atoms with Gasteiger partial charge in [0.25, 0.3) is 0 Å². The van der Waals surface area contributed by atoms with Gasteiger partial charge >= 0.3 is 0 Å². The van der Waals surface area contributed by atoms with Crippen LogP contribution < -0.4 is 5.32 Å². The van der Waals surface area contributed by atoms with Crippen LogP contribution in [0.4, 0.5) is 11.4 Å². The van der Waals surface area contributed by atoms with E-state index in [0.29, 0.717) is 0 Å². The van der Waals surface area contributed by atoms with Gasteiger partial charge in [0.15, 0.2) is 0 Å². The Hall–Kier alpha value is -2.32. The summed E-state index contributed by atoms with van der Waals surface area (Å²) in [5.41, 5.74) is 3.59. The molecule has 0 unspecified atom stereocenters. The molecule has 1 aromatic heterocycles. The fraction of sp³-hybridized carbons (Fsp3) is 0.0526. The quantitative estimate of drug-likeness (QED) is 0.469. The highest BCUT2D eigenvalue weighted by atomic mass is 32.1. The van der Waals surface area contributed by atoms with Gasteiger partial charge in [-0.25, -0.2) is 0 Å². The van der Waals surface area contributed by atoms with Gasteiger partial charge in [0, 0.05) is 21.2 Å². The molecule has 0 bridgehead atoms. The molecule has 4 aromatic rings. The number of fused-ring (bicyclic) bond motifs is 3. The highest BCUT2D eigenvalue weighted by Crippen LogP contribution is 2.38. The van der Waals surface area contributed by atoms with Crippen LogP contribution >= 0.6 is 11.3 Å². The van der Waals surface area contributed by atoms with Crippen molar-refractivity contribution in [3.63, 3.8) is 0 Å². The maximum absolute atomic E-state index is 3.56. The molecule has 21 heavy (non-hydrogen) atoms. The second-order valence-corrected chi connectivity index (χ2v) is 6.33. The highest BCUT2D eigenvalue weighted by Gasteiger charge is 2.08. The number of anilines is 2. The number of thiophene rings is 1. The normalized spacial score (nSPS) is 11.1. The zero-order valence-corrected chi connectivity index (χ0v) is 12.6. The number of nitrogens with one attached hydrogen (secondary N) is 1. The molecular weight excluding hydrogens is 274 g/mol. The Morgan fingerprint density at radius 1 is 0.810 bits per heavy atom. The Kier molecular flexibility index (Phi) is 2.90. The standard InChI is InChI=1S/C19H15NS/c1-13-6-4-7-14(12-13)20-17-10-5-9-16-15-8-2-3-11-18(15)21-19(16)17/h2-12,20H,1H3. The summed E-state index contributed by atoms with van der Waals surface area (Å²) in [7, 11) is 0. The number of hydrogen-bond donors (Lipinski definition) is 1. The predicted molar refractivity (Wildman–Crippen MR) is 93.8 cm³/mol. The summed E-state index contributed by atoms with van der Waals surface area (Å²) in [5.74, 6) is 0. The summed E-state index contributed by atoms with van der Waals surface area (Å²) in [6, 6.07) is 23.6. The fourth-order valence-electron chi connectivity index (χ4n) is 2.72. The van der Waals surface area contributed by atoms with Crippen LogP contribution in [0.15, 0.2) is 66.7 Å². The maximum atomic E-state index is 3.56. The van der Waals surface area contributed by atoms with E-state index in [9.17, 15) is 0 Å². The molecule has 3 aromatic carbocycles. The van der Waals surface area contributed by atoms with Crippen LogP contribution in [0.25, 0.3) is 20.2 Å². The molecule has 102 valence electrons. The summed E-state index contributed by atoms with van der Waals surface area (Å²) in [6.45, 7) is 2.12. The monoisotopic (exact) mass is 289 g/mol. The highest BCUT2D eigenvalue weighted by molar-refractivity contribution is 7.26. The summed E-state index contributed by atoms with van der Waals surface area (Å²) in [6.07, 6.45) is 0. The first-order chi connectivity index (χ1) is 10.3. The molecule has 0 spiro atoms. The topological polar surface area (TPSA) is 12.0 Å². The third-order valence-corrected chi connectivity index (χ3v) is 4.92. The summed E-state index contributed by atoms with van der Waals surface area (Å²) in [5, 5.41) is 6.22. The van der Waals surface area contributed by atoms with Gasteiger partial charge in [0.1, 0.15) is 0 Å². The zero-order valence-electron chi connectivity index (χ0n) is 11.8. The third-order valence-electron chi connectivity index (χ3n) is 3.70. The first-order valence-corrected chi connectivity index (χ1v) is 7.87. The molecule has 0 atom stereocenters. The summed E-state index contributed by atoms with van der Waals surface area (Å²) < 4.78 is 2.66. The predicted octanol–water partition coefficient (Wildman–Crippen LogP) is 6.11. The lowest BCUT2D eigenvalue weighted by atomic mass is 10.1. The minimum Gasteiger partial charge on any atom is -0.354 e. The van der Waals surface area contributed by atoms with Gasteiger partial charge in [-0.05, 0) is 36.8 Å². The van der Waals surface area contributed by atoms with Gasteiger partial charge in [0.05, 0.1) is 10.4 Å². The third kappa shape index (κ3) is 2.18. The lowest BCUT2D eigenvalue weighted by Gasteiger charge is -2.08. The Labute approximate surface area is 127 Å². The lowest BCUT2D eigenvalue weighted by Crippen LogP contribution is -1.90. The van der Waals surface area contributed by atoms with Crippen LogP contribution in [0.1, 0.15) is 5.56 Å². The molecule has 0 aliphatic rings. The van der Waals surface area contributed by atoms with Crippen molar-refractivity contribution < 1.29 is 0 Å². The number of hydrogen-bond acceptors (Lipinski definition) is 2. The van der Waals surface area contributed by atoms with Gasteiger partial charge in [-0.3, -0.25) is 0 Å². The molecule has 0 aliphatic heterocycles. The van der Waals surface area contributed by atoms with Crippen LogP contribution in [0.5, 0.6) is 0 Å². The molecule has 0 aliphatic carbocycles. The average Bonchev–Trinajstić information content (AvgIpc) is 2.87. The van der Waals surface area contributed by atoms with Gasteiger partial charge < -0.3 is 5.32 Å². The van der Waals surface area contributed by atoms with Gasteiger partial charge in [0.2, 0.25) is 0 Å². The molecule has 0 amide bonds. The van der Waals surface area contributed by atoms with E-state index in [1.807, 2.05) is 11.3 Å². The second-order valence-electron chi connectivity index (χ2n) is 5.27. The largest absolute Gasteiger partial charge is 0.354 e. The molecule has 0 fully saturated rings. The molecule has 4 rings (SSSR count). The molecular formula is C19H15NS. The molecule has 1 heterocycles. The molecule has 0 saturated heterocycles. The fourth-order valence-corrected chi connectivity index (χ4v) is 3.90. The van der Waals surface area contributed by atoms with E-state index >= 15 is 0 Å². The van der Waals surface area contributed by atoms with Crippen LogP contribution in [-0.4, -0.2) is 0 Å². The number of aryl methyl sites for hydroxylation is 1. The van der Waals surface area contributed by atoms with Crippen molar-refractivity contribution >= 4 is 42.9 Å². The van der Waals surface area contributed by atoms with Crippen molar-refractivity contribution in [1.82, 2.24) is 0 Å². The van der Waals surface area contributed by atoms with Crippen LogP contribution in [0, 0.1) is 6.92 Å². The van der Waals surface area contributed by atoms with Gasteiger partial charge in [-0.2, -0.15) is 0 Å². The Balaban J connectivity index is 1.89. The molecule has 2 heteroatoms. The van der Waals surface area contributed by atoms with E-state index in [2.05, 4.69) is 79.0 Å². The second kappa shape index (κ2) is 4.90. The van der Waals surface area contributed by atoms with Crippen LogP contribution in [0.3, 0.4) is 0 Å². The molecule has 1 N–H and O–H groups in total. The molecule has 1 nitrogen and oxygen atoms in total. The number of benzene rings is 3. The zero-order chi connectivity index (χ0) is 14.2. The first-order valence-electron chi connectivity index (χ1n) is 7.05. The Morgan fingerprint density at radius 2 is 1.62 bits per heavy atom. The summed E-state index contributed by atoms with van der Waals surface area (Å²) >= 11 is 1.85. The Bertz CT molecular complexity index is 937. The van der Waals surface area contributed by atoms with E-state index in [4.69, 9.17) is 0 Å². The minimum atomic E-state index is 1.14.